The van der Waals surface area contributed by atoms with Gasteiger partial charge in [-0.25, -0.2) is 0 Å². The van der Waals surface area contributed by atoms with Crippen molar-refractivity contribution < 1.29 is 9.15 Å². The lowest BCUT2D eigenvalue weighted by Gasteiger charge is -2.25. The second-order valence-electron chi connectivity index (χ2n) is 3.44. The molecule has 0 unspecified atom stereocenters. The molecule has 1 aliphatic carbocycles. The summed E-state index contributed by atoms with van der Waals surface area (Å²) in [5.74, 6) is 0.847. The van der Waals surface area contributed by atoms with E-state index >= 15 is 0 Å². The third kappa shape index (κ3) is 1.92. The largest absolute Gasteiger partial charge is 0.468 e. The van der Waals surface area contributed by atoms with Gasteiger partial charge < -0.3 is 14.9 Å². The first-order valence-electron chi connectivity index (χ1n) is 4.77. The van der Waals surface area contributed by atoms with Gasteiger partial charge in [-0.15, -0.1) is 0 Å². The molecule has 0 saturated heterocycles. The zero-order chi connectivity index (χ0) is 9.10. The molecule has 0 bridgehead atoms. The molecule has 13 heavy (non-hydrogen) atoms. The van der Waals surface area contributed by atoms with Crippen molar-refractivity contribution in [2.45, 2.75) is 38.5 Å². The second kappa shape index (κ2) is 3.94. The van der Waals surface area contributed by atoms with Crippen LogP contribution in [0.4, 0.5) is 0 Å². The molecule has 1 aromatic heterocycles. The Labute approximate surface area is 77.9 Å². The van der Waals surface area contributed by atoms with Crippen LogP contribution in [0, 0.1) is 0 Å². The van der Waals surface area contributed by atoms with Crippen molar-refractivity contribution in [3.8, 4) is 0 Å². The van der Waals surface area contributed by atoms with E-state index in [1.54, 1.807) is 6.26 Å². The maximum atomic E-state index is 5.65. The van der Waals surface area contributed by atoms with Crippen LogP contribution in [0.1, 0.15) is 30.6 Å². The van der Waals surface area contributed by atoms with Gasteiger partial charge in [-0.05, 0) is 25.3 Å². The number of hydrogen-bond acceptors (Lipinski definition) is 3. The normalized spacial score (nSPS) is 17.3. The van der Waals surface area contributed by atoms with E-state index in [1.807, 2.05) is 6.07 Å². The van der Waals surface area contributed by atoms with Crippen molar-refractivity contribution in [3.05, 3.63) is 23.7 Å². The first-order chi connectivity index (χ1) is 6.40. The highest BCUT2D eigenvalue weighted by atomic mass is 16.5. The molecule has 1 fully saturated rings. The van der Waals surface area contributed by atoms with Crippen LogP contribution >= 0.6 is 0 Å². The Bertz CT molecular complexity index is 266. The van der Waals surface area contributed by atoms with Gasteiger partial charge in [-0.3, -0.25) is 0 Å². The van der Waals surface area contributed by atoms with Crippen molar-refractivity contribution in [2.75, 3.05) is 0 Å². The summed E-state index contributed by atoms with van der Waals surface area (Å²) in [5.41, 5.74) is 6.59. The van der Waals surface area contributed by atoms with Crippen molar-refractivity contribution in [1.29, 1.82) is 0 Å². The molecule has 2 N–H and O–H groups in total. The molecular weight excluding hydrogens is 166 g/mol. The number of rotatable bonds is 4. The summed E-state index contributed by atoms with van der Waals surface area (Å²) in [6.45, 7) is 1.10. The minimum atomic E-state index is 0.455. The lowest BCUT2D eigenvalue weighted by atomic mass is 9.96. The molecule has 3 nitrogen and oxygen atoms in total. The van der Waals surface area contributed by atoms with Crippen molar-refractivity contribution in [1.82, 2.24) is 0 Å². The van der Waals surface area contributed by atoms with E-state index in [1.165, 1.54) is 19.3 Å². The molecule has 0 radical (unpaired) electrons. The lowest BCUT2D eigenvalue weighted by molar-refractivity contribution is -0.00919. The molecule has 0 aromatic carbocycles. The van der Waals surface area contributed by atoms with Crippen LogP contribution in [0.2, 0.25) is 0 Å². The minimum absolute atomic E-state index is 0.455. The van der Waals surface area contributed by atoms with Crippen LogP contribution in [-0.2, 0) is 17.9 Å². The SMILES string of the molecule is NCc1occc1COC1CCC1. The van der Waals surface area contributed by atoms with Gasteiger partial charge in [0.25, 0.3) is 0 Å². The van der Waals surface area contributed by atoms with Crippen molar-refractivity contribution in [3.63, 3.8) is 0 Å². The second-order valence-corrected chi connectivity index (χ2v) is 3.44. The van der Waals surface area contributed by atoms with Gasteiger partial charge >= 0.3 is 0 Å². The molecule has 72 valence electrons. The molecule has 0 atom stereocenters. The first kappa shape index (κ1) is 8.78. The van der Waals surface area contributed by atoms with E-state index in [9.17, 15) is 0 Å². The fourth-order valence-electron chi connectivity index (χ4n) is 1.42. The van der Waals surface area contributed by atoms with E-state index < -0.39 is 0 Å². The molecule has 1 aromatic rings. The van der Waals surface area contributed by atoms with Gasteiger partial charge in [-0.2, -0.15) is 0 Å². The summed E-state index contributed by atoms with van der Waals surface area (Å²) >= 11 is 0. The molecule has 1 aliphatic rings. The zero-order valence-electron chi connectivity index (χ0n) is 7.66. The average molecular weight is 181 g/mol. The molecule has 1 heterocycles. The van der Waals surface area contributed by atoms with Crippen molar-refractivity contribution >= 4 is 0 Å². The van der Waals surface area contributed by atoms with E-state index in [-0.39, 0.29) is 0 Å². The summed E-state index contributed by atoms with van der Waals surface area (Å²) in [4.78, 5) is 0. The predicted molar refractivity (Wildman–Crippen MR) is 49.0 cm³/mol. The first-order valence-corrected chi connectivity index (χ1v) is 4.77. The molecule has 0 aliphatic heterocycles. The van der Waals surface area contributed by atoms with Crippen LogP contribution in [0.15, 0.2) is 16.7 Å². The van der Waals surface area contributed by atoms with Crippen LogP contribution in [0.3, 0.4) is 0 Å². The molecule has 0 amide bonds. The number of ether oxygens (including phenoxy) is 1. The fraction of sp³-hybridized carbons (Fsp3) is 0.600. The van der Waals surface area contributed by atoms with Crippen LogP contribution in [0.5, 0.6) is 0 Å². The van der Waals surface area contributed by atoms with E-state index in [4.69, 9.17) is 14.9 Å². The number of hydrogen-bond donors (Lipinski definition) is 1. The zero-order valence-corrected chi connectivity index (χ0v) is 7.66. The Hall–Kier alpha value is -0.800. The molecule has 2 rings (SSSR count). The summed E-state index contributed by atoms with van der Waals surface area (Å²) < 4.78 is 10.8. The highest BCUT2D eigenvalue weighted by Crippen LogP contribution is 2.23. The van der Waals surface area contributed by atoms with Gasteiger partial charge in [-0.1, -0.05) is 0 Å². The van der Waals surface area contributed by atoms with E-state index in [0.717, 1.165) is 11.3 Å². The van der Waals surface area contributed by atoms with Gasteiger partial charge in [0.1, 0.15) is 5.76 Å². The molecule has 1 saturated carbocycles. The quantitative estimate of drug-likeness (QED) is 0.770. The summed E-state index contributed by atoms with van der Waals surface area (Å²) in [6.07, 6.45) is 5.85. The van der Waals surface area contributed by atoms with Crippen LogP contribution in [-0.4, -0.2) is 6.10 Å². The summed E-state index contributed by atoms with van der Waals surface area (Å²) in [6, 6.07) is 1.93. The Morgan fingerprint density at radius 2 is 2.38 bits per heavy atom. The molecule has 0 spiro atoms. The average Bonchev–Trinajstić information content (AvgIpc) is 2.49. The van der Waals surface area contributed by atoms with E-state index in [0.29, 0.717) is 19.3 Å². The maximum absolute atomic E-state index is 5.65. The van der Waals surface area contributed by atoms with Crippen LogP contribution in [0.25, 0.3) is 0 Å². The minimum Gasteiger partial charge on any atom is -0.468 e. The monoisotopic (exact) mass is 181 g/mol. The fourth-order valence-corrected chi connectivity index (χ4v) is 1.42. The van der Waals surface area contributed by atoms with Crippen LogP contribution < -0.4 is 5.73 Å². The highest BCUT2D eigenvalue weighted by Gasteiger charge is 2.18. The third-order valence-electron chi connectivity index (χ3n) is 2.55. The van der Waals surface area contributed by atoms with Gasteiger partial charge in [0.05, 0.1) is 25.5 Å². The maximum Gasteiger partial charge on any atom is 0.122 e. The highest BCUT2D eigenvalue weighted by molar-refractivity contribution is 5.15. The Morgan fingerprint density at radius 1 is 1.54 bits per heavy atom. The Balaban J connectivity index is 1.85. The van der Waals surface area contributed by atoms with Gasteiger partial charge in [0, 0.05) is 5.56 Å². The lowest BCUT2D eigenvalue weighted by Crippen LogP contribution is -2.21. The van der Waals surface area contributed by atoms with Crippen molar-refractivity contribution in [2.24, 2.45) is 5.73 Å². The van der Waals surface area contributed by atoms with Gasteiger partial charge in [0.2, 0.25) is 0 Å². The molecule has 3 heteroatoms. The predicted octanol–water partition coefficient (Wildman–Crippen LogP) is 1.81. The molecular formula is C10H15NO2. The third-order valence-corrected chi connectivity index (χ3v) is 2.55. The van der Waals surface area contributed by atoms with Gasteiger partial charge in [0.15, 0.2) is 0 Å². The van der Waals surface area contributed by atoms with E-state index in [2.05, 4.69) is 0 Å². The Morgan fingerprint density at radius 3 is 3.00 bits per heavy atom. The summed E-state index contributed by atoms with van der Waals surface area (Å²) in [5, 5.41) is 0. The number of furan rings is 1. The standard InChI is InChI=1S/C10H15NO2/c11-6-10-8(4-5-12-10)7-13-9-2-1-3-9/h4-5,9H,1-3,6-7,11H2. The Kier molecular flexibility index (Phi) is 2.66. The smallest absolute Gasteiger partial charge is 0.122 e. The topological polar surface area (TPSA) is 48.4 Å². The number of nitrogens with two attached hydrogens (primary N) is 1. The summed E-state index contributed by atoms with van der Waals surface area (Å²) in [7, 11) is 0.